The molecule has 0 aromatic carbocycles. The number of hydrogen-bond acceptors (Lipinski definition) is 3. The minimum absolute atomic E-state index is 0.0221. The van der Waals surface area contributed by atoms with E-state index in [-0.39, 0.29) is 25.0 Å². The summed E-state index contributed by atoms with van der Waals surface area (Å²) in [6, 6.07) is 1.86. The Morgan fingerprint density at radius 2 is 2.18 bits per heavy atom. The lowest BCUT2D eigenvalue weighted by atomic mass is 10.0. The van der Waals surface area contributed by atoms with Crippen LogP contribution in [0, 0.1) is 0 Å². The molecule has 1 aliphatic heterocycles. The molecule has 1 aromatic heterocycles. The van der Waals surface area contributed by atoms with Crippen molar-refractivity contribution >= 4 is 5.91 Å². The molecular formula is C14H20F3N3O2. The van der Waals surface area contributed by atoms with E-state index in [0.29, 0.717) is 13.1 Å². The number of likely N-dealkylation sites (tertiary alicyclic amines) is 1. The molecule has 0 radical (unpaired) electrons. The van der Waals surface area contributed by atoms with E-state index in [2.05, 4.69) is 9.84 Å². The van der Waals surface area contributed by atoms with Gasteiger partial charge in [-0.05, 0) is 25.3 Å². The average molecular weight is 319 g/mol. The van der Waals surface area contributed by atoms with Crippen LogP contribution in [0.3, 0.4) is 0 Å². The first-order valence-corrected chi connectivity index (χ1v) is 7.37. The van der Waals surface area contributed by atoms with Crippen molar-refractivity contribution in [3.8, 4) is 0 Å². The van der Waals surface area contributed by atoms with Crippen molar-refractivity contribution in [2.75, 3.05) is 19.8 Å². The molecular weight excluding hydrogens is 299 g/mol. The van der Waals surface area contributed by atoms with Crippen LogP contribution in [0.1, 0.15) is 25.7 Å². The van der Waals surface area contributed by atoms with Crippen molar-refractivity contribution in [3.05, 3.63) is 18.5 Å². The molecule has 5 nitrogen and oxygen atoms in total. The molecule has 1 saturated heterocycles. The van der Waals surface area contributed by atoms with Crippen molar-refractivity contribution in [2.45, 2.75) is 44.4 Å². The Morgan fingerprint density at radius 3 is 2.86 bits per heavy atom. The van der Waals surface area contributed by atoms with Crippen molar-refractivity contribution in [3.63, 3.8) is 0 Å². The van der Waals surface area contributed by atoms with Crippen LogP contribution in [0.25, 0.3) is 0 Å². The first kappa shape index (κ1) is 16.8. The number of nitrogens with zero attached hydrogens (tertiary/aromatic N) is 3. The molecule has 0 spiro atoms. The molecule has 1 amide bonds. The van der Waals surface area contributed by atoms with E-state index in [4.69, 9.17) is 0 Å². The molecule has 0 unspecified atom stereocenters. The van der Waals surface area contributed by atoms with Gasteiger partial charge in [0.1, 0.15) is 6.61 Å². The highest BCUT2D eigenvalue weighted by molar-refractivity contribution is 5.76. The maximum Gasteiger partial charge on any atom is 0.411 e. The summed E-state index contributed by atoms with van der Waals surface area (Å²) in [5.41, 5.74) is 0. The molecule has 0 N–H and O–H groups in total. The fourth-order valence-electron chi connectivity index (χ4n) is 2.63. The third-order valence-corrected chi connectivity index (χ3v) is 3.63. The van der Waals surface area contributed by atoms with Crippen molar-refractivity contribution < 1.29 is 22.7 Å². The van der Waals surface area contributed by atoms with Gasteiger partial charge in [0.2, 0.25) is 5.91 Å². The number of piperidine rings is 1. The van der Waals surface area contributed by atoms with Crippen molar-refractivity contribution in [1.29, 1.82) is 0 Å². The van der Waals surface area contributed by atoms with Crippen LogP contribution in [0.5, 0.6) is 0 Å². The summed E-state index contributed by atoms with van der Waals surface area (Å²) < 4.78 is 42.2. The molecule has 0 bridgehead atoms. The molecule has 8 heteroatoms. The number of carbonyl (C=O) groups excluding carboxylic acids is 1. The van der Waals surface area contributed by atoms with Crippen LogP contribution in [0.15, 0.2) is 18.5 Å². The number of amides is 1. The maximum absolute atomic E-state index is 12.2. The van der Waals surface area contributed by atoms with Gasteiger partial charge in [0.15, 0.2) is 0 Å². The molecule has 1 aliphatic rings. The predicted octanol–water partition coefficient (Wildman–Crippen LogP) is 2.23. The summed E-state index contributed by atoms with van der Waals surface area (Å²) in [4.78, 5) is 13.9. The van der Waals surface area contributed by atoms with Gasteiger partial charge in [0, 0.05) is 18.9 Å². The van der Waals surface area contributed by atoms with E-state index >= 15 is 0 Å². The van der Waals surface area contributed by atoms with Crippen molar-refractivity contribution in [1.82, 2.24) is 14.7 Å². The van der Waals surface area contributed by atoms with Gasteiger partial charge in [0.25, 0.3) is 0 Å². The molecule has 0 saturated carbocycles. The van der Waals surface area contributed by atoms with Gasteiger partial charge >= 0.3 is 6.18 Å². The molecule has 1 atom stereocenters. The molecule has 22 heavy (non-hydrogen) atoms. The van der Waals surface area contributed by atoms with E-state index in [9.17, 15) is 18.0 Å². The number of aromatic nitrogens is 2. The summed E-state index contributed by atoms with van der Waals surface area (Å²) in [7, 11) is 0. The average Bonchev–Trinajstić information content (AvgIpc) is 2.96. The highest BCUT2D eigenvalue weighted by atomic mass is 19.4. The molecule has 124 valence electrons. The van der Waals surface area contributed by atoms with Crippen LogP contribution in [-0.2, 0) is 16.1 Å². The Hall–Kier alpha value is -1.57. The second-order valence-corrected chi connectivity index (χ2v) is 5.38. The second kappa shape index (κ2) is 7.62. The monoisotopic (exact) mass is 319 g/mol. The number of halogens is 3. The van der Waals surface area contributed by atoms with E-state index < -0.39 is 12.8 Å². The zero-order chi connectivity index (χ0) is 16.0. The summed E-state index contributed by atoms with van der Waals surface area (Å²) >= 11 is 0. The summed E-state index contributed by atoms with van der Waals surface area (Å²) in [5, 5.41) is 4.14. The number of carbonyl (C=O) groups is 1. The topological polar surface area (TPSA) is 47.4 Å². The van der Waals surface area contributed by atoms with Gasteiger partial charge in [0.05, 0.1) is 25.6 Å². The summed E-state index contributed by atoms with van der Waals surface area (Å²) in [6.45, 7) is -0.257. The smallest absolute Gasteiger partial charge is 0.372 e. The third kappa shape index (κ3) is 5.32. The first-order valence-electron chi connectivity index (χ1n) is 7.37. The fraction of sp³-hybridized carbons (Fsp3) is 0.714. The Balaban J connectivity index is 1.80. The lowest BCUT2D eigenvalue weighted by molar-refractivity contribution is -0.175. The predicted molar refractivity (Wildman–Crippen MR) is 73.1 cm³/mol. The SMILES string of the molecule is O=C(CCOCC(F)(F)F)N1CCCC[C@@H]1Cn1cccn1. The zero-order valence-corrected chi connectivity index (χ0v) is 12.3. The largest absolute Gasteiger partial charge is 0.411 e. The summed E-state index contributed by atoms with van der Waals surface area (Å²) in [5.74, 6) is -0.154. The van der Waals surface area contributed by atoms with Crippen LogP contribution >= 0.6 is 0 Å². The minimum Gasteiger partial charge on any atom is -0.372 e. The third-order valence-electron chi connectivity index (χ3n) is 3.63. The Labute approximate surface area is 127 Å². The highest BCUT2D eigenvalue weighted by Crippen LogP contribution is 2.20. The summed E-state index contributed by atoms with van der Waals surface area (Å²) in [6.07, 6.45) is 1.99. The molecule has 1 fully saturated rings. The van der Waals surface area contributed by atoms with Crippen molar-refractivity contribution in [2.24, 2.45) is 0 Å². The Morgan fingerprint density at radius 1 is 1.36 bits per heavy atom. The molecule has 1 aromatic rings. The van der Waals surface area contributed by atoms with Gasteiger partial charge in [-0.3, -0.25) is 9.48 Å². The van der Waals surface area contributed by atoms with Gasteiger partial charge in [-0.2, -0.15) is 18.3 Å². The molecule has 0 aliphatic carbocycles. The van der Waals surface area contributed by atoms with E-state index in [1.807, 2.05) is 12.3 Å². The molecule has 2 heterocycles. The van der Waals surface area contributed by atoms with E-state index in [0.717, 1.165) is 19.3 Å². The maximum atomic E-state index is 12.2. The Bertz CT molecular complexity index is 462. The standard InChI is InChI=1S/C14H20F3N3O2/c15-14(16,17)11-22-9-5-13(21)20-8-2-1-4-12(20)10-19-7-3-6-18-19/h3,6-7,12H,1-2,4-5,8-11H2/t12-/m1/s1. The number of hydrogen-bond donors (Lipinski definition) is 0. The second-order valence-electron chi connectivity index (χ2n) is 5.38. The fourth-order valence-corrected chi connectivity index (χ4v) is 2.63. The van der Waals surface area contributed by atoms with E-state index in [1.54, 1.807) is 15.8 Å². The Kier molecular flexibility index (Phi) is 5.82. The van der Waals surface area contributed by atoms with Gasteiger partial charge in [-0.25, -0.2) is 0 Å². The molecule has 2 rings (SSSR count). The zero-order valence-electron chi connectivity index (χ0n) is 12.3. The van der Waals surface area contributed by atoms with Crippen LogP contribution in [0.2, 0.25) is 0 Å². The minimum atomic E-state index is -4.35. The first-order chi connectivity index (χ1) is 10.5. The lowest BCUT2D eigenvalue weighted by Gasteiger charge is -2.35. The highest BCUT2D eigenvalue weighted by Gasteiger charge is 2.29. The normalized spacial score (nSPS) is 19.4. The number of rotatable bonds is 6. The van der Waals surface area contributed by atoms with Gasteiger partial charge < -0.3 is 9.64 Å². The van der Waals surface area contributed by atoms with Gasteiger partial charge in [-0.15, -0.1) is 0 Å². The van der Waals surface area contributed by atoms with Crippen LogP contribution < -0.4 is 0 Å². The number of alkyl halides is 3. The van der Waals surface area contributed by atoms with E-state index in [1.165, 1.54) is 0 Å². The lowest BCUT2D eigenvalue weighted by Crippen LogP contribution is -2.46. The quantitative estimate of drug-likeness (QED) is 0.756. The van der Waals surface area contributed by atoms with Crippen LogP contribution in [0.4, 0.5) is 13.2 Å². The number of ether oxygens (including phenoxy) is 1. The van der Waals surface area contributed by atoms with Gasteiger partial charge in [-0.1, -0.05) is 0 Å². The van der Waals surface area contributed by atoms with Crippen LogP contribution in [-0.4, -0.2) is 52.6 Å².